The lowest BCUT2D eigenvalue weighted by atomic mass is 10.3. The predicted molar refractivity (Wildman–Crippen MR) is 103 cm³/mol. The van der Waals surface area contributed by atoms with E-state index in [0.29, 0.717) is 23.7 Å². The molecule has 0 aliphatic rings. The monoisotopic (exact) mass is 394 g/mol. The van der Waals surface area contributed by atoms with Gasteiger partial charge < -0.3 is 10.3 Å². The van der Waals surface area contributed by atoms with Gasteiger partial charge in [-0.2, -0.15) is 10.2 Å². The third-order valence-electron chi connectivity index (χ3n) is 4.35. The minimum absolute atomic E-state index is 0.142. The maximum Gasteiger partial charge on any atom is 0.291 e. The highest BCUT2D eigenvalue weighted by Crippen LogP contribution is 2.30. The zero-order chi connectivity index (χ0) is 19.3. The summed E-state index contributed by atoms with van der Waals surface area (Å²) in [5.74, 6) is 0.779. The number of rotatable bonds is 4. The van der Waals surface area contributed by atoms with Gasteiger partial charge in [-0.1, -0.05) is 0 Å². The molecule has 0 saturated carbocycles. The van der Waals surface area contributed by atoms with E-state index in [1.807, 2.05) is 7.05 Å². The van der Waals surface area contributed by atoms with E-state index in [2.05, 4.69) is 30.1 Å². The van der Waals surface area contributed by atoms with Crippen LogP contribution in [0.3, 0.4) is 0 Å². The second-order valence-electron chi connectivity index (χ2n) is 6.18. The van der Waals surface area contributed by atoms with Crippen LogP contribution in [0.1, 0.15) is 10.8 Å². The van der Waals surface area contributed by atoms with Crippen molar-refractivity contribution in [2.45, 2.75) is 13.1 Å². The molecule has 0 unspecified atom stereocenters. The van der Waals surface area contributed by atoms with E-state index in [-0.39, 0.29) is 12.1 Å². The molecule has 0 aliphatic heterocycles. The third kappa shape index (κ3) is 2.62. The normalized spacial score (nSPS) is 11.6. The van der Waals surface area contributed by atoms with Gasteiger partial charge in [-0.15, -0.1) is 11.3 Å². The van der Waals surface area contributed by atoms with Gasteiger partial charge in [-0.25, -0.2) is 29.3 Å². The first-order valence-electron chi connectivity index (χ1n) is 8.34. The Labute approximate surface area is 161 Å². The van der Waals surface area contributed by atoms with E-state index in [9.17, 15) is 4.79 Å². The molecule has 0 radical (unpaired) electrons. The Kier molecular flexibility index (Phi) is 3.65. The first kappa shape index (κ1) is 16.5. The molecule has 0 spiro atoms. The number of nitrogens with zero attached hydrogens (tertiary/aromatic N) is 9. The van der Waals surface area contributed by atoms with E-state index in [0.717, 1.165) is 20.7 Å². The van der Waals surface area contributed by atoms with Crippen LogP contribution in [0.15, 0.2) is 35.9 Å². The van der Waals surface area contributed by atoms with E-state index in [1.54, 1.807) is 34.0 Å². The van der Waals surface area contributed by atoms with Gasteiger partial charge in [0.15, 0.2) is 11.5 Å². The van der Waals surface area contributed by atoms with E-state index in [4.69, 9.17) is 5.73 Å². The van der Waals surface area contributed by atoms with Crippen molar-refractivity contribution in [3.8, 4) is 0 Å². The molecule has 0 aliphatic carbocycles. The molecule has 0 atom stereocenters. The summed E-state index contributed by atoms with van der Waals surface area (Å²) in [6, 6.07) is 1.59. The summed E-state index contributed by atoms with van der Waals surface area (Å²) >= 11 is 1.52. The second kappa shape index (κ2) is 6.20. The van der Waals surface area contributed by atoms with Crippen molar-refractivity contribution in [3.63, 3.8) is 0 Å². The Morgan fingerprint density at radius 3 is 2.89 bits per heavy atom. The lowest BCUT2D eigenvalue weighted by Gasteiger charge is -2.05. The first-order chi connectivity index (χ1) is 13.6. The van der Waals surface area contributed by atoms with E-state index < -0.39 is 0 Å². The molecule has 2 N–H and O–H groups in total. The van der Waals surface area contributed by atoms with Crippen LogP contribution in [-0.4, -0.2) is 44.1 Å². The largest absolute Gasteiger partial charge is 0.384 e. The van der Waals surface area contributed by atoms with Crippen molar-refractivity contribution in [1.29, 1.82) is 0 Å². The first-order valence-corrected chi connectivity index (χ1v) is 9.15. The van der Waals surface area contributed by atoms with E-state index >= 15 is 0 Å². The van der Waals surface area contributed by atoms with Crippen LogP contribution in [0.5, 0.6) is 0 Å². The van der Waals surface area contributed by atoms with Crippen LogP contribution in [0.25, 0.3) is 21.3 Å². The summed E-state index contributed by atoms with van der Waals surface area (Å²) in [5.41, 5.74) is 6.74. The minimum atomic E-state index is -0.228. The van der Waals surface area contributed by atoms with Crippen molar-refractivity contribution < 1.29 is 0 Å². The van der Waals surface area contributed by atoms with Crippen LogP contribution in [-0.2, 0) is 20.1 Å². The number of anilines is 1. The molecule has 0 amide bonds. The fourth-order valence-corrected chi connectivity index (χ4v) is 4.19. The third-order valence-corrected chi connectivity index (χ3v) is 5.41. The number of aryl methyl sites for hydroxylation is 1. The summed E-state index contributed by atoms with van der Waals surface area (Å²) in [4.78, 5) is 29.9. The molecule has 0 aromatic carbocycles. The average Bonchev–Trinajstić information content (AvgIpc) is 3.37. The van der Waals surface area contributed by atoms with Crippen LogP contribution < -0.4 is 11.3 Å². The molecule has 0 fully saturated rings. The molecule has 5 aromatic heterocycles. The molecule has 0 saturated heterocycles. The fraction of sp³-hybridized carbons (Fsp3) is 0.188. The minimum Gasteiger partial charge on any atom is -0.384 e. The van der Waals surface area contributed by atoms with Gasteiger partial charge in [0.25, 0.3) is 5.56 Å². The molecule has 5 rings (SSSR count). The summed E-state index contributed by atoms with van der Waals surface area (Å²) in [7, 11) is 1.83. The average molecular weight is 394 g/mol. The van der Waals surface area contributed by atoms with Crippen molar-refractivity contribution in [3.05, 3.63) is 52.3 Å². The van der Waals surface area contributed by atoms with E-state index in [1.165, 1.54) is 22.3 Å². The van der Waals surface area contributed by atoms with Gasteiger partial charge in [0.2, 0.25) is 0 Å². The molecule has 12 heteroatoms. The summed E-state index contributed by atoms with van der Waals surface area (Å²) in [5, 5.41) is 10.1. The Morgan fingerprint density at radius 2 is 2.11 bits per heavy atom. The maximum absolute atomic E-state index is 13.0. The molecule has 28 heavy (non-hydrogen) atoms. The number of nitrogens with two attached hydrogens (primary N) is 1. The lowest BCUT2D eigenvalue weighted by Crippen LogP contribution is -2.25. The number of hydrogen-bond acceptors (Lipinski definition) is 9. The molecule has 5 heterocycles. The van der Waals surface area contributed by atoms with Gasteiger partial charge in [-0.05, 0) is 6.07 Å². The summed E-state index contributed by atoms with van der Waals surface area (Å²) in [6.07, 6.45) is 6.37. The molecule has 11 nitrogen and oxygen atoms in total. The smallest absolute Gasteiger partial charge is 0.291 e. The Balaban J connectivity index is 1.59. The molecule has 5 aromatic rings. The number of hydrogen-bond donors (Lipinski definition) is 1. The lowest BCUT2D eigenvalue weighted by molar-refractivity contribution is 0.619. The maximum atomic E-state index is 13.0. The highest BCUT2D eigenvalue weighted by Gasteiger charge is 2.18. The molecular formula is C16H14N10OS. The van der Waals surface area contributed by atoms with Crippen LogP contribution in [0.2, 0.25) is 0 Å². The highest BCUT2D eigenvalue weighted by molar-refractivity contribution is 7.19. The van der Waals surface area contributed by atoms with Gasteiger partial charge in [0.05, 0.1) is 17.4 Å². The Hall–Kier alpha value is -3.67. The van der Waals surface area contributed by atoms with Crippen LogP contribution in [0, 0.1) is 0 Å². The molecular weight excluding hydrogens is 380 g/mol. The topological polar surface area (TPSA) is 135 Å². The summed E-state index contributed by atoms with van der Waals surface area (Å²) in [6.45, 7) is 0.668. The number of fused-ring (bicyclic) bond motifs is 3. The van der Waals surface area contributed by atoms with Crippen molar-refractivity contribution >= 4 is 38.4 Å². The predicted octanol–water partition coefficient (Wildman–Crippen LogP) is 0.405. The SMILES string of the molecule is Cn1c2nc(Cn3cncn3)sc2c2cnn(Cc3nccc(N)n3)c(=O)c21. The van der Waals surface area contributed by atoms with Crippen molar-refractivity contribution in [1.82, 2.24) is 44.1 Å². The van der Waals surface area contributed by atoms with Gasteiger partial charge in [0, 0.05) is 18.6 Å². The van der Waals surface area contributed by atoms with Gasteiger partial charge >= 0.3 is 0 Å². The number of thiazole rings is 1. The highest BCUT2D eigenvalue weighted by atomic mass is 32.1. The van der Waals surface area contributed by atoms with Gasteiger partial charge in [-0.3, -0.25) is 4.79 Å². The zero-order valence-corrected chi connectivity index (χ0v) is 15.5. The van der Waals surface area contributed by atoms with Gasteiger partial charge in [0.1, 0.15) is 35.5 Å². The quantitative estimate of drug-likeness (QED) is 0.463. The van der Waals surface area contributed by atoms with Crippen molar-refractivity contribution in [2.75, 3.05) is 5.73 Å². The summed E-state index contributed by atoms with van der Waals surface area (Å²) < 4.78 is 5.75. The van der Waals surface area contributed by atoms with Crippen LogP contribution in [0.4, 0.5) is 5.82 Å². The standard InChI is InChI=1S/C16H14N10OS/c1-24-13-9(14-15(24)23-12(28-14)6-25-8-18-7-21-25)4-20-26(16(13)27)5-11-19-3-2-10(17)22-11/h2-4,7-8H,5-6H2,1H3,(H2,17,19,22). The fourth-order valence-electron chi connectivity index (χ4n) is 3.09. The number of aromatic nitrogens is 9. The number of nitrogen functional groups attached to an aromatic ring is 1. The van der Waals surface area contributed by atoms with Crippen LogP contribution >= 0.6 is 11.3 Å². The molecule has 140 valence electrons. The Bertz CT molecular complexity index is 1360. The second-order valence-corrected chi connectivity index (χ2v) is 7.26. The molecule has 0 bridgehead atoms. The zero-order valence-electron chi connectivity index (χ0n) is 14.7. The van der Waals surface area contributed by atoms with Crippen molar-refractivity contribution in [2.24, 2.45) is 7.05 Å². The Morgan fingerprint density at radius 1 is 1.21 bits per heavy atom.